The molecule has 0 bridgehead atoms. The van der Waals surface area contributed by atoms with Crippen molar-refractivity contribution in [3.8, 4) is 22.1 Å². The van der Waals surface area contributed by atoms with E-state index in [1.165, 1.54) is 16.2 Å². The van der Waals surface area contributed by atoms with Gasteiger partial charge < -0.3 is 14.8 Å². The standard InChI is InChI=1S/C25H21N3O4S2/c1-31-20-7-3-17(4-8-20)25(18-5-9-21(32-2)10-6-18)23(29)28(24(30)27-25)13-19-15-34-22(26-19)16-11-12-33-14-16/h3-12,14-15H,13H2,1-2H3,(H,27,30). The third kappa shape index (κ3) is 3.72. The second-order valence-electron chi connectivity index (χ2n) is 7.68. The first-order chi connectivity index (χ1) is 16.5. The number of nitrogens with one attached hydrogen (secondary N) is 1. The number of ether oxygens (including phenoxy) is 2. The number of methoxy groups -OCH3 is 2. The second kappa shape index (κ2) is 8.92. The number of hydrogen-bond donors (Lipinski definition) is 1. The molecule has 1 aliphatic rings. The highest BCUT2D eigenvalue weighted by Crippen LogP contribution is 2.38. The Bertz CT molecular complexity index is 1270. The van der Waals surface area contributed by atoms with Gasteiger partial charge in [0.25, 0.3) is 5.91 Å². The van der Waals surface area contributed by atoms with Gasteiger partial charge in [-0.1, -0.05) is 24.3 Å². The van der Waals surface area contributed by atoms with Crippen LogP contribution in [0.5, 0.6) is 11.5 Å². The number of carbonyl (C=O) groups is 2. The molecular weight excluding hydrogens is 470 g/mol. The van der Waals surface area contributed by atoms with Crippen molar-refractivity contribution in [2.24, 2.45) is 0 Å². The average molecular weight is 492 g/mol. The molecule has 9 heteroatoms. The normalized spacial score (nSPS) is 14.8. The Morgan fingerprint density at radius 3 is 2.06 bits per heavy atom. The van der Waals surface area contributed by atoms with Gasteiger partial charge >= 0.3 is 6.03 Å². The van der Waals surface area contributed by atoms with Crippen molar-refractivity contribution in [2.45, 2.75) is 12.1 Å². The van der Waals surface area contributed by atoms with Crippen LogP contribution in [0, 0.1) is 0 Å². The van der Waals surface area contributed by atoms with Crippen LogP contribution in [-0.4, -0.2) is 36.0 Å². The smallest absolute Gasteiger partial charge is 0.325 e. The lowest BCUT2D eigenvalue weighted by molar-refractivity contribution is -0.130. The van der Waals surface area contributed by atoms with Gasteiger partial charge in [-0.05, 0) is 46.8 Å². The zero-order valence-electron chi connectivity index (χ0n) is 18.5. The number of hydrogen-bond acceptors (Lipinski definition) is 7. The quantitative estimate of drug-likeness (QED) is 0.373. The van der Waals surface area contributed by atoms with Crippen LogP contribution in [0.3, 0.4) is 0 Å². The predicted octanol–water partition coefficient (Wildman–Crippen LogP) is 4.88. The highest BCUT2D eigenvalue weighted by Gasteiger charge is 2.53. The summed E-state index contributed by atoms with van der Waals surface area (Å²) in [6.07, 6.45) is 0. The lowest BCUT2D eigenvalue weighted by Gasteiger charge is -2.28. The molecule has 0 saturated carbocycles. The van der Waals surface area contributed by atoms with Crippen LogP contribution in [0.4, 0.5) is 4.79 Å². The van der Waals surface area contributed by atoms with Crippen LogP contribution >= 0.6 is 22.7 Å². The van der Waals surface area contributed by atoms with E-state index in [9.17, 15) is 9.59 Å². The highest BCUT2D eigenvalue weighted by atomic mass is 32.1. The van der Waals surface area contributed by atoms with Crippen LogP contribution in [0.1, 0.15) is 16.8 Å². The van der Waals surface area contributed by atoms with Crippen molar-refractivity contribution >= 4 is 34.6 Å². The number of amides is 3. The summed E-state index contributed by atoms with van der Waals surface area (Å²) in [6, 6.07) is 15.8. The molecule has 1 aliphatic heterocycles. The number of rotatable bonds is 7. The van der Waals surface area contributed by atoms with E-state index in [1.807, 2.05) is 22.2 Å². The van der Waals surface area contributed by atoms with E-state index in [1.54, 1.807) is 74.1 Å². The van der Waals surface area contributed by atoms with E-state index in [0.717, 1.165) is 10.6 Å². The first-order valence-corrected chi connectivity index (χ1v) is 12.3. The predicted molar refractivity (Wildman–Crippen MR) is 131 cm³/mol. The number of aromatic nitrogens is 1. The molecule has 0 aliphatic carbocycles. The van der Waals surface area contributed by atoms with Crippen LogP contribution in [-0.2, 0) is 16.9 Å². The Morgan fingerprint density at radius 1 is 0.912 bits per heavy atom. The third-order valence-corrected chi connectivity index (χ3v) is 7.41. The van der Waals surface area contributed by atoms with Gasteiger partial charge in [-0.2, -0.15) is 11.3 Å². The molecule has 3 amide bonds. The molecule has 0 radical (unpaired) electrons. The topological polar surface area (TPSA) is 80.8 Å². The fraction of sp³-hybridized carbons (Fsp3) is 0.160. The maximum absolute atomic E-state index is 13.9. The molecule has 1 N–H and O–H groups in total. The number of thiazole rings is 1. The molecule has 5 rings (SSSR count). The summed E-state index contributed by atoms with van der Waals surface area (Å²) in [4.78, 5) is 33.0. The first kappa shape index (κ1) is 22.1. The molecule has 0 spiro atoms. The number of urea groups is 1. The summed E-state index contributed by atoms with van der Waals surface area (Å²) in [5.74, 6) is 0.953. The van der Waals surface area contributed by atoms with Gasteiger partial charge in [0.2, 0.25) is 0 Å². The number of imide groups is 1. The maximum atomic E-state index is 13.9. The van der Waals surface area contributed by atoms with Gasteiger partial charge in [0, 0.05) is 16.3 Å². The fourth-order valence-corrected chi connectivity index (χ4v) is 5.54. The number of carbonyl (C=O) groups excluding carboxylic acids is 2. The molecule has 0 unspecified atom stereocenters. The Balaban J connectivity index is 1.52. The lowest BCUT2D eigenvalue weighted by Crippen LogP contribution is -2.45. The van der Waals surface area contributed by atoms with Gasteiger partial charge in [0.1, 0.15) is 16.5 Å². The molecule has 3 heterocycles. The van der Waals surface area contributed by atoms with Gasteiger partial charge in [0.05, 0.1) is 26.5 Å². The zero-order chi connectivity index (χ0) is 23.7. The molecule has 172 valence electrons. The Labute approximate surface area is 204 Å². The largest absolute Gasteiger partial charge is 0.497 e. The molecule has 0 atom stereocenters. The molecule has 1 fully saturated rings. The van der Waals surface area contributed by atoms with Gasteiger partial charge in [-0.15, -0.1) is 11.3 Å². The van der Waals surface area contributed by atoms with Crippen LogP contribution in [0.25, 0.3) is 10.6 Å². The van der Waals surface area contributed by atoms with Crippen LogP contribution in [0.15, 0.2) is 70.7 Å². The van der Waals surface area contributed by atoms with E-state index in [4.69, 9.17) is 9.47 Å². The first-order valence-electron chi connectivity index (χ1n) is 10.5. The van der Waals surface area contributed by atoms with Crippen molar-refractivity contribution in [2.75, 3.05) is 14.2 Å². The van der Waals surface area contributed by atoms with Crippen molar-refractivity contribution in [1.82, 2.24) is 15.2 Å². The maximum Gasteiger partial charge on any atom is 0.325 e. The highest BCUT2D eigenvalue weighted by molar-refractivity contribution is 7.14. The van der Waals surface area contributed by atoms with Crippen molar-refractivity contribution in [3.05, 3.63) is 87.6 Å². The molecule has 1 saturated heterocycles. The summed E-state index contributed by atoms with van der Waals surface area (Å²) >= 11 is 3.09. The summed E-state index contributed by atoms with van der Waals surface area (Å²) in [7, 11) is 3.16. The molecule has 2 aromatic heterocycles. The summed E-state index contributed by atoms with van der Waals surface area (Å²) in [5.41, 5.74) is 1.59. The fourth-order valence-electron chi connectivity index (χ4n) is 4.02. The van der Waals surface area contributed by atoms with E-state index in [-0.39, 0.29) is 12.5 Å². The van der Waals surface area contributed by atoms with Gasteiger partial charge in [-0.25, -0.2) is 9.78 Å². The lowest BCUT2D eigenvalue weighted by atomic mass is 9.82. The number of thiophene rings is 1. The zero-order valence-corrected chi connectivity index (χ0v) is 20.1. The average Bonchev–Trinajstić information content (AvgIpc) is 3.62. The summed E-state index contributed by atoms with van der Waals surface area (Å²) in [5, 5.41) is 9.72. The Morgan fingerprint density at radius 2 is 1.53 bits per heavy atom. The Hall–Kier alpha value is -3.69. The van der Waals surface area contributed by atoms with Crippen molar-refractivity contribution < 1.29 is 19.1 Å². The monoisotopic (exact) mass is 491 g/mol. The van der Waals surface area contributed by atoms with Crippen molar-refractivity contribution in [1.29, 1.82) is 0 Å². The SMILES string of the molecule is COc1ccc(C2(c3ccc(OC)cc3)NC(=O)N(Cc3csc(-c4ccsc4)n3)C2=O)cc1. The molecule has 7 nitrogen and oxygen atoms in total. The molecule has 4 aromatic rings. The number of nitrogens with zero attached hydrogens (tertiary/aromatic N) is 2. The molecular formula is C25H21N3O4S2. The minimum Gasteiger partial charge on any atom is -0.497 e. The second-order valence-corrected chi connectivity index (χ2v) is 9.32. The minimum atomic E-state index is -1.37. The Kier molecular flexibility index (Phi) is 5.80. The van der Waals surface area contributed by atoms with Gasteiger partial charge in [0.15, 0.2) is 5.54 Å². The van der Waals surface area contributed by atoms with Crippen LogP contribution < -0.4 is 14.8 Å². The van der Waals surface area contributed by atoms with E-state index >= 15 is 0 Å². The van der Waals surface area contributed by atoms with E-state index < -0.39 is 11.6 Å². The van der Waals surface area contributed by atoms with E-state index in [2.05, 4.69) is 10.3 Å². The van der Waals surface area contributed by atoms with Crippen LogP contribution in [0.2, 0.25) is 0 Å². The minimum absolute atomic E-state index is 0.0827. The van der Waals surface area contributed by atoms with Gasteiger partial charge in [-0.3, -0.25) is 9.69 Å². The number of benzene rings is 2. The molecule has 2 aromatic carbocycles. The van der Waals surface area contributed by atoms with E-state index in [0.29, 0.717) is 28.3 Å². The summed E-state index contributed by atoms with van der Waals surface area (Å²) in [6.45, 7) is 0.0827. The third-order valence-electron chi connectivity index (χ3n) is 5.79. The molecule has 34 heavy (non-hydrogen) atoms. The van der Waals surface area contributed by atoms with Crippen molar-refractivity contribution in [3.63, 3.8) is 0 Å². The summed E-state index contributed by atoms with van der Waals surface area (Å²) < 4.78 is 10.6.